The van der Waals surface area contributed by atoms with Crippen molar-refractivity contribution < 1.29 is 9.53 Å². The lowest BCUT2D eigenvalue weighted by Gasteiger charge is -2.43. The first kappa shape index (κ1) is 19.3. The fraction of sp³-hybridized carbons (Fsp3) is 0.320. The normalized spacial score (nSPS) is 14.8. The minimum absolute atomic E-state index is 0.0573. The fourth-order valence-corrected chi connectivity index (χ4v) is 3.94. The van der Waals surface area contributed by atoms with Gasteiger partial charge in [-0.3, -0.25) is 4.79 Å². The molecule has 1 aliphatic carbocycles. The van der Waals surface area contributed by atoms with E-state index in [1.807, 2.05) is 19.1 Å². The summed E-state index contributed by atoms with van der Waals surface area (Å²) in [6.45, 7) is 4.25. The number of ketones is 1. The van der Waals surface area contributed by atoms with Crippen LogP contribution >= 0.6 is 0 Å². The summed E-state index contributed by atoms with van der Waals surface area (Å²) in [5.74, 6) is 1.00. The van der Waals surface area contributed by atoms with Gasteiger partial charge in [-0.25, -0.2) is 9.97 Å². The highest BCUT2D eigenvalue weighted by molar-refractivity contribution is 5.92. The second kappa shape index (κ2) is 8.16. The van der Waals surface area contributed by atoms with Crippen molar-refractivity contribution in [2.45, 2.75) is 51.6 Å². The smallest absolute Gasteiger partial charge is 0.199 e. The summed E-state index contributed by atoms with van der Waals surface area (Å²) >= 11 is 0. The Labute approximate surface area is 172 Å². The van der Waals surface area contributed by atoms with Gasteiger partial charge in [0.2, 0.25) is 0 Å². The zero-order valence-electron chi connectivity index (χ0n) is 17.0. The number of hydrogen-bond acceptors (Lipinski definition) is 4. The molecule has 4 nitrogen and oxygen atoms in total. The Morgan fingerprint density at radius 1 is 1.00 bits per heavy atom. The number of aryl methyl sites for hydroxylation is 1. The Morgan fingerprint density at radius 3 is 2.24 bits per heavy atom. The van der Waals surface area contributed by atoms with Crippen LogP contribution in [0.4, 0.5) is 0 Å². The van der Waals surface area contributed by atoms with Gasteiger partial charge in [-0.2, -0.15) is 0 Å². The molecule has 0 radical (unpaired) electrons. The lowest BCUT2D eigenvalue weighted by Crippen LogP contribution is -2.35. The van der Waals surface area contributed by atoms with Crippen LogP contribution < -0.4 is 4.74 Å². The number of carbonyl (C=O) groups excluding carboxylic acids is 1. The van der Waals surface area contributed by atoms with Crippen molar-refractivity contribution >= 4 is 5.78 Å². The molecular weight excluding hydrogens is 360 g/mol. The van der Waals surface area contributed by atoms with Gasteiger partial charge >= 0.3 is 0 Å². The molecule has 0 amide bonds. The molecule has 4 rings (SSSR count). The van der Waals surface area contributed by atoms with Crippen LogP contribution in [-0.4, -0.2) is 15.8 Å². The standard InChI is InChI=1S/C25H26N2O2/c1-3-23(28)24-26-16-13-21(27-24)17-29-22-11-9-20(10-12-22)25(14-4-15-25)19-7-5-18(2)6-8-19/h5-13,16H,3-4,14-15,17H2,1-2H3. The fourth-order valence-electron chi connectivity index (χ4n) is 3.94. The topological polar surface area (TPSA) is 52.1 Å². The molecule has 0 bridgehead atoms. The Kier molecular flexibility index (Phi) is 5.43. The maximum absolute atomic E-state index is 11.8. The molecular formula is C25H26N2O2. The summed E-state index contributed by atoms with van der Waals surface area (Å²) in [7, 11) is 0. The van der Waals surface area contributed by atoms with E-state index in [9.17, 15) is 4.79 Å². The second-order valence-corrected chi connectivity index (χ2v) is 7.76. The molecule has 1 saturated carbocycles. The predicted octanol–water partition coefficient (Wildman–Crippen LogP) is 5.43. The lowest BCUT2D eigenvalue weighted by molar-refractivity contribution is 0.0977. The van der Waals surface area contributed by atoms with Crippen LogP contribution in [0.15, 0.2) is 60.8 Å². The third-order valence-electron chi connectivity index (χ3n) is 5.89. The first-order valence-corrected chi connectivity index (χ1v) is 10.3. The zero-order chi connectivity index (χ0) is 20.3. The van der Waals surface area contributed by atoms with Gasteiger partial charge in [-0.1, -0.05) is 55.3 Å². The van der Waals surface area contributed by atoms with Gasteiger partial charge in [-0.15, -0.1) is 0 Å². The van der Waals surface area contributed by atoms with Crippen molar-refractivity contribution in [1.82, 2.24) is 9.97 Å². The lowest BCUT2D eigenvalue weighted by atomic mass is 9.60. The minimum Gasteiger partial charge on any atom is -0.487 e. The molecule has 0 spiro atoms. The monoisotopic (exact) mass is 386 g/mol. The van der Waals surface area contributed by atoms with Gasteiger partial charge in [0.25, 0.3) is 0 Å². The summed E-state index contributed by atoms with van der Waals surface area (Å²) in [4.78, 5) is 20.1. The van der Waals surface area contributed by atoms with Crippen molar-refractivity contribution in [3.05, 3.63) is 89.0 Å². The maximum atomic E-state index is 11.8. The average Bonchev–Trinajstić information content (AvgIpc) is 2.73. The molecule has 2 aromatic carbocycles. The minimum atomic E-state index is -0.0573. The molecule has 148 valence electrons. The molecule has 1 aliphatic rings. The molecule has 1 aromatic heterocycles. The van der Waals surface area contributed by atoms with E-state index in [0.29, 0.717) is 18.7 Å². The van der Waals surface area contributed by atoms with E-state index in [1.54, 1.807) is 12.3 Å². The van der Waals surface area contributed by atoms with Crippen molar-refractivity contribution in [3.63, 3.8) is 0 Å². The first-order valence-electron chi connectivity index (χ1n) is 10.3. The number of benzene rings is 2. The van der Waals surface area contributed by atoms with Crippen molar-refractivity contribution in [2.75, 3.05) is 0 Å². The molecule has 0 saturated heterocycles. The van der Waals surface area contributed by atoms with Crippen molar-refractivity contribution in [1.29, 1.82) is 0 Å². The highest BCUT2D eigenvalue weighted by Crippen LogP contribution is 2.49. The molecule has 1 heterocycles. The van der Waals surface area contributed by atoms with Crippen LogP contribution in [0.3, 0.4) is 0 Å². The molecule has 0 aliphatic heterocycles. The van der Waals surface area contributed by atoms with Crippen molar-refractivity contribution in [3.8, 4) is 5.75 Å². The molecule has 29 heavy (non-hydrogen) atoms. The van der Waals surface area contributed by atoms with Crippen LogP contribution in [0.25, 0.3) is 0 Å². The van der Waals surface area contributed by atoms with E-state index >= 15 is 0 Å². The van der Waals surface area contributed by atoms with Gasteiger partial charge in [0, 0.05) is 18.0 Å². The number of Topliss-reactive ketones (excluding diaryl/α,β-unsaturated/α-hetero) is 1. The largest absolute Gasteiger partial charge is 0.487 e. The predicted molar refractivity (Wildman–Crippen MR) is 113 cm³/mol. The first-order chi connectivity index (χ1) is 14.1. The van der Waals surface area contributed by atoms with Crippen LogP contribution in [0.1, 0.15) is 65.6 Å². The summed E-state index contributed by atoms with van der Waals surface area (Å²) in [5, 5.41) is 0. The van der Waals surface area contributed by atoms with E-state index in [-0.39, 0.29) is 17.0 Å². The Hall–Kier alpha value is -3.01. The Balaban J connectivity index is 1.47. The molecule has 4 heteroatoms. The number of hydrogen-bond donors (Lipinski definition) is 0. The van der Waals surface area contributed by atoms with E-state index in [2.05, 4.69) is 53.3 Å². The molecule has 0 N–H and O–H groups in total. The van der Waals surface area contributed by atoms with Gasteiger partial charge < -0.3 is 4.74 Å². The van der Waals surface area contributed by atoms with Crippen molar-refractivity contribution in [2.24, 2.45) is 0 Å². The average molecular weight is 386 g/mol. The highest BCUT2D eigenvalue weighted by atomic mass is 16.5. The van der Waals surface area contributed by atoms with E-state index < -0.39 is 0 Å². The number of rotatable bonds is 7. The second-order valence-electron chi connectivity index (χ2n) is 7.76. The van der Waals surface area contributed by atoms with Crippen LogP contribution in [-0.2, 0) is 12.0 Å². The van der Waals surface area contributed by atoms with E-state index in [1.165, 1.54) is 36.0 Å². The molecule has 0 unspecified atom stereocenters. The van der Waals surface area contributed by atoms with E-state index in [0.717, 1.165) is 5.75 Å². The quantitative estimate of drug-likeness (QED) is 0.508. The van der Waals surface area contributed by atoms with Gasteiger partial charge in [-0.05, 0) is 49.1 Å². The molecule has 3 aromatic rings. The third kappa shape index (κ3) is 3.93. The van der Waals surface area contributed by atoms with Crippen LogP contribution in [0, 0.1) is 6.92 Å². The Bertz CT molecular complexity index is 990. The zero-order valence-corrected chi connectivity index (χ0v) is 17.0. The summed E-state index contributed by atoms with van der Waals surface area (Å²) < 4.78 is 5.90. The summed E-state index contributed by atoms with van der Waals surface area (Å²) in [6, 6.07) is 19.1. The summed E-state index contributed by atoms with van der Waals surface area (Å²) in [5.41, 5.74) is 4.88. The summed E-state index contributed by atoms with van der Waals surface area (Å²) in [6.07, 6.45) is 5.64. The molecule has 0 atom stereocenters. The Morgan fingerprint density at radius 2 is 1.66 bits per heavy atom. The highest BCUT2D eigenvalue weighted by Gasteiger charge is 2.40. The van der Waals surface area contributed by atoms with Crippen LogP contribution in [0.5, 0.6) is 5.75 Å². The molecule has 1 fully saturated rings. The van der Waals surface area contributed by atoms with Crippen LogP contribution in [0.2, 0.25) is 0 Å². The maximum Gasteiger partial charge on any atom is 0.199 e. The van der Waals surface area contributed by atoms with Gasteiger partial charge in [0.1, 0.15) is 12.4 Å². The van der Waals surface area contributed by atoms with E-state index in [4.69, 9.17) is 4.74 Å². The number of aromatic nitrogens is 2. The van der Waals surface area contributed by atoms with Gasteiger partial charge in [0.15, 0.2) is 11.6 Å². The number of ether oxygens (including phenoxy) is 1. The number of carbonyl (C=O) groups is 1. The van der Waals surface area contributed by atoms with Gasteiger partial charge in [0.05, 0.1) is 5.69 Å². The third-order valence-corrected chi connectivity index (χ3v) is 5.89. The SMILES string of the molecule is CCC(=O)c1nccc(COc2ccc(C3(c4ccc(C)cc4)CCC3)cc2)n1. The number of nitrogens with zero attached hydrogens (tertiary/aromatic N) is 2.